The third kappa shape index (κ3) is 2.63. The predicted molar refractivity (Wildman–Crippen MR) is 82.3 cm³/mol. The number of rotatable bonds is 1. The number of hydrogen-bond donors (Lipinski definition) is 1. The second kappa shape index (κ2) is 5.30. The van der Waals surface area contributed by atoms with Gasteiger partial charge in [-0.25, -0.2) is 14.3 Å². The highest BCUT2D eigenvalue weighted by Gasteiger charge is 2.32. The minimum atomic E-state index is -4.42. The maximum Gasteiger partial charge on any atom is 0.417 e. The van der Waals surface area contributed by atoms with Gasteiger partial charge in [0.1, 0.15) is 5.82 Å². The van der Waals surface area contributed by atoms with Gasteiger partial charge >= 0.3 is 11.9 Å². The van der Waals surface area contributed by atoms with Crippen LogP contribution < -0.4 is 10.6 Å². The Balaban J connectivity index is 1.72. The molecule has 0 fully saturated rings. The lowest BCUT2D eigenvalue weighted by molar-refractivity contribution is -0.137. The maximum atomic E-state index is 12.9. The van der Waals surface area contributed by atoms with Crippen LogP contribution in [0.3, 0.4) is 0 Å². The molecule has 10 heteroatoms. The van der Waals surface area contributed by atoms with Gasteiger partial charge in [0.15, 0.2) is 0 Å². The maximum absolute atomic E-state index is 12.9. The Morgan fingerprint density at radius 3 is 2.88 bits per heavy atom. The summed E-state index contributed by atoms with van der Waals surface area (Å²) in [5.74, 6) is 0.813. The van der Waals surface area contributed by atoms with Crippen LogP contribution in [0.4, 0.5) is 19.0 Å². The van der Waals surface area contributed by atoms with Crippen molar-refractivity contribution in [3.8, 4) is 0 Å². The minimum Gasteiger partial charge on any atom is -0.351 e. The summed E-state index contributed by atoms with van der Waals surface area (Å²) in [6.07, 6.45) is -1.41. The zero-order chi connectivity index (χ0) is 17.8. The van der Waals surface area contributed by atoms with E-state index in [4.69, 9.17) is 0 Å². The molecule has 0 saturated carbocycles. The van der Waals surface area contributed by atoms with Gasteiger partial charge in [-0.3, -0.25) is 4.98 Å². The van der Waals surface area contributed by atoms with Crippen LogP contribution in [-0.4, -0.2) is 31.1 Å². The first-order chi connectivity index (χ1) is 11.8. The Morgan fingerprint density at radius 1 is 1.32 bits per heavy atom. The van der Waals surface area contributed by atoms with Gasteiger partial charge < -0.3 is 4.90 Å². The molecule has 130 valence electrons. The first-order valence-corrected chi connectivity index (χ1v) is 7.57. The van der Waals surface area contributed by atoms with Crippen LogP contribution in [0.5, 0.6) is 0 Å². The molecule has 0 spiro atoms. The fourth-order valence-electron chi connectivity index (χ4n) is 3.01. The monoisotopic (exact) mass is 350 g/mol. The Bertz CT molecular complexity index is 1020. The van der Waals surface area contributed by atoms with Crippen LogP contribution >= 0.6 is 0 Å². The number of alkyl halides is 3. The summed E-state index contributed by atoms with van der Waals surface area (Å²) < 4.78 is 40.0. The number of aryl methyl sites for hydroxylation is 1. The van der Waals surface area contributed by atoms with Gasteiger partial charge in [-0.15, -0.1) is 5.10 Å². The summed E-state index contributed by atoms with van der Waals surface area (Å²) in [6.45, 7) is 2.63. The third-order valence-electron chi connectivity index (χ3n) is 4.23. The lowest BCUT2D eigenvalue weighted by Crippen LogP contribution is -2.33. The summed E-state index contributed by atoms with van der Waals surface area (Å²) in [5.41, 5.74) is 0.784. The number of H-pyrrole nitrogens is 1. The van der Waals surface area contributed by atoms with E-state index in [1.165, 1.54) is 4.40 Å². The van der Waals surface area contributed by atoms with Crippen molar-refractivity contribution in [1.29, 1.82) is 0 Å². The van der Waals surface area contributed by atoms with Crippen molar-refractivity contribution in [2.75, 3.05) is 11.4 Å². The molecule has 0 amide bonds. The number of pyridine rings is 1. The quantitative estimate of drug-likeness (QED) is 0.723. The fourth-order valence-corrected chi connectivity index (χ4v) is 3.01. The largest absolute Gasteiger partial charge is 0.417 e. The highest BCUT2D eigenvalue weighted by atomic mass is 19.4. The summed E-state index contributed by atoms with van der Waals surface area (Å²) >= 11 is 0. The Hall–Kier alpha value is -2.91. The molecule has 4 rings (SSSR count). The van der Waals surface area contributed by atoms with Crippen molar-refractivity contribution in [2.24, 2.45) is 0 Å². The molecule has 0 aromatic carbocycles. The average Bonchev–Trinajstić information content (AvgIpc) is 2.92. The Labute approximate surface area is 139 Å². The molecule has 0 unspecified atom stereocenters. The molecule has 0 saturated heterocycles. The van der Waals surface area contributed by atoms with E-state index in [0.717, 1.165) is 17.8 Å². The van der Waals surface area contributed by atoms with E-state index in [0.29, 0.717) is 30.0 Å². The predicted octanol–water partition coefficient (Wildman–Crippen LogP) is 1.70. The van der Waals surface area contributed by atoms with Crippen LogP contribution in [0, 0.1) is 6.92 Å². The molecule has 4 heterocycles. The fraction of sp³-hybridized carbons (Fsp3) is 0.333. The first kappa shape index (κ1) is 15.6. The molecule has 25 heavy (non-hydrogen) atoms. The molecule has 0 aliphatic carbocycles. The molecule has 1 aliphatic heterocycles. The van der Waals surface area contributed by atoms with Crippen molar-refractivity contribution >= 4 is 11.6 Å². The number of halogens is 3. The number of aromatic amines is 1. The highest BCUT2D eigenvalue weighted by Crippen LogP contribution is 2.32. The van der Waals surface area contributed by atoms with Gasteiger partial charge in [-0.2, -0.15) is 18.2 Å². The van der Waals surface area contributed by atoms with E-state index in [1.807, 2.05) is 4.90 Å². The van der Waals surface area contributed by atoms with E-state index in [-0.39, 0.29) is 18.0 Å². The smallest absolute Gasteiger partial charge is 0.351 e. The van der Waals surface area contributed by atoms with Crippen LogP contribution in [0.15, 0.2) is 23.3 Å². The Kier molecular flexibility index (Phi) is 3.31. The van der Waals surface area contributed by atoms with Crippen molar-refractivity contribution in [2.45, 2.75) is 26.1 Å². The van der Waals surface area contributed by atoms with Gasteiger partial charge in [0.05, 0.1) is 5.56 Å². The minimum absolute atomic E-state index is 0.221. The third-order valence-corrected chi connectivity index (χ3v) is 4.23. The standard InChI is InChI=1S/C15H13F3N6O/c1-8-6-24-13(21-22-14(24)25)20-12(8)23-3-2-11-9(7-23)4-10(5-19-11)15(16,17)18/h4-6H,2-3,7H2,1H3,(H,22,25). The zero-order valence-electron chi connectivity index (χ0n) is 13.1. The van der Waals surface area contributed by atoms with E-state index < -0.39 is 11.7 Å². The zero-order valence-corrected chi connectivity index (χ0v) is 13.1. The van der Waals surface area contributed by atoms with E-state index in [1.54, 1.807) is 13.1 Å². The number of fused-ring (bicyclic) bond motifs is 2. The van der Waals surface area contributed by atoms with E-state index in [2.05, 4.69) is 20.2 Å². The molecule has 0 bridgehead atoms. The molecular formula is C15H13F3N6O. The molecular weight excluding hydrogens is 337 g/mol. The van der Waals surface area contributed by atoms with Gasteiger partial charge in [0.2, 0.25) is 0 Å². The highest BCUT2D eigenvalue weighted by molar-refractivity contribution is 5.52. The van der Waals surface area contributed by atoms with E-state index >= 15 is 0 Å². The van der Waals surface area contributed by atoms with Crippen LogP contribution in [0.2, 0.25) is 0 Å². The first-order valence-electron chi connectivity index (χ1n) is 7.57. The van der Waals surface area contributed by atoms with E-state index in [9.17, 15) is 18.0 Å². The molecule has 3 aromatic rings. The van der Waals surface area contributed by atoms with Gasteiger partial charge in [0, 0.05) is 43.2 Å². The van der Waals surface area contributed by atoms with Crippen molar-refractivity contribution in [1.82, 2.24) is 24.6 Å². The molecule has 1 N–H and O–H groups in total. The summed E-state index contributed by atoms with van der Waals surface area (Å²) in [7, 11) is 0. The van der Waals surface area contributed by atoms with Crippen molar-refractivity contribution < 1.29 is 13.2 Å². The lowest BCUT2D eigenvalue weighted by atomic mass is 10.0. The summed E-state index contributed by atoms with van der Waals surface area (Å²) in [4.78, 5) is 21.8. The molecule has 3 aromatic heterocycles. The van der Waals surface area contributed by atoms with Crippen LogP contribution in [0.25, 0.3) is 5.78 Å². The van der Waals surface area contributed by atoms with Gasteiger partial charge in [-0.05, 0) is 18.6 Å². The topological polar surface area (TPSA) is 79.2 Å². The second-order valence-corrected chi connectivity index (χ2v) is 5.95. The number of aromatic nitrogens is 5. The summed E-state index contributed by atoms with van der Waals surface area (Å²) in [6, 6.07) is 1.14. The number of nitrogens with one attached hydrogen (secondary N) is 1. The SMILES string of the molecule is Cc1cn2c(=O)[nH]nc2nc1N1CCc2ncc(C(F)(F)F)cc2C1. The average molecular weight is 350 g/mol. The molecule has 0 atom stereocenters. The van der Waals surface area contributed by atoms with Crippen LogP contribution in [0.1, 0.15) is 22.4 Å². The molecule has 7 nitrogen and oxygen atoms in total. The number of nitrogens with zero attached hydrogens (tertiary/aromatic N) is 5. The number of hydrogen-bond acceptors (Lipinski definition) is 5. The number of anilines is 1. The second-order valence-electron chi connectivity index (χ2n) is 5.95. The summed E-state index contributed by atoms with van der Waals surface area (Å²) in [5, 5.41) is 6.15. The van der Waals surface area contributed by atoms with Crippen molar-refractivity contribution in [3.05, 3.63) is 51.3 Å². The van der Waals surface area contributed by atoms with Crippen LogP contribution in [-0.2, 0) is 19.1 Å². The lowest BCUT2D eigenvalue weighted by Gasteiger charge is -2.30. The van der Waals surface area contributed by atoms with Crippen molar-refractivity contribution in [3.63, 3.8) is 0 Å². The molecule has 1 aliphatic rings. The van der Waals surface area contributed by atoms with Gasteiger partial charge in [-0.1, -0.05) is 0 Å². The molecule has 0 radical (unpaired) electrons. The Morgan fingerprint density at radius 2 is 2.12 bits per heavy atom. The normalized spacial score (nSPS) is 14.8. The van der Waals surface area contributed by atoms with Gasteiger partial charge in [0.25, 0.3) is 5.78 Å².